The molecule has 3 heteroatoms. The van der Waals surface area contributed by atoms with Gasteiger partial charge in [-0.1, -0.05) is 48.5 Å². The highest BCUT2D eigenvalue weighted by atomic mass is 16.1. The first-order chi connectivity index (χ1) is 13.2. The monoisotopic (exact) mass is 354 g/mol. The van der Waals surface area contributed by atoms with Crippen LogP contribution >= 0.6 is 0 Å². The number of ketones is 1. The van der Waals surface area contributed by atoms with Crippen molar-refractivity contribution in [2.75, 3.05) is 18.0 Å². The zero-order chi connectivity index (χ0) is 18.8. The van der Waals surface area contributed by atoms with E-state index in [-0.39, 0.29) is 5.78 Å². The highest BCUT2D eigenvalue weighted by Crippen LogP contribution is 2.30. The summed E-state index contributed by atoms with van der Waals surface area (Å²) in [6, 6.07) is 23.7. The summed E-state index contributed by atoms with van der Waals surface area (Å²) in [6.45, 7) is 6.27. The lowest BCUT2D eigenvalue weighted by Crippen LogP contribution is -2.21. The number of nitrogens with zero attached hydrogens (tertiary/aromatic N) is 2. The van der Waals surface area contributed by atoms with Gasteiger partial charge in [-0.2, -0.15) is 0 Å². The minimum atomic E-state index is 0.0667. The molecule has 0 saturated heterocycles. The maximum Gasteiger partial charge on any atom is 0.194 e. The molecule has 134 valence electrons. The molecule has 0 amide bonds. The highest BCUT2D eigenvalue weighted by Gasteiger charge is 2.27. The molecule has 0 unspecified atom stereocenters. The fourth-order valence-electron chi connectivity index (χ4n) is 3.64. The first kappa shape index (κ1) is 17.2. The van der Waals surface area contributed by atoms with E-state index in [0.717, 1.165) is 46.7 Å². The summed E-state index contributed by atoms with van der Waals surface area (Å²) in [6.07, 6.45) is 0. The molecule has 27 heavy (non-hydrogen) atoms. The minimum Gasteiger partial charge on any atom is -0.372 e. The number of rotatable bonds is 4. The Morgan fingerprint density at radius 1 is 0.704 bits per heavy atom. The van der Waals surface area contributed by atoms with Crippen molar-refractivity contribution in [3.05, 3.63) is 95.1 Å². The average molecular weight is 354 g/mol. The van der Waals surface area contributed by atoms with Gasteiger partial charge in [-0.25, -0.2) is 4.99 Å². The maximum atomic E-state index is 12.8. The van der Waals surface area contributed by atoms with Gasteiger partial charge in [0.25, 0.3) is 0 Å². The van der Waals surface area contributed by atoms with Crippen LogP contribution in [-0.2, 0) is 0 Å². The summed E-state index contributed by atoms with van der Waals surface area (Å²) in [4.78, 5) is 20.1. The number of hydrogen-bond donors (Lipinski definition) is 0. The Kier molecular flexibility index (Phi) is 4.59. The van der Waals surface area contributed by atoms with Crippen LogP contribution in [0.4, 0.5) is 11.4 Å². The zero-order valence-corrected chi connectivity index (χ0v) is 15.6. The molecule has 0 bridgehead atoms. The fourth-order valence-corrected chi connectivity index (χ4v) is 3.64. The highest BCUT2D eigenvalue weighted by molar-refractivity contribution is 6.30. The van der Waals surface area contributed by atoms with Crippen LogP contribution in [0.5, 0.6) is 0 Å². The van der Waals surface area contributed by atoms with Gasteiger partial charge in [0.2, 0.25) is 0 Å². The Morgan fingerprint density at radius 2 is 1.19 bits per heavy atom. The minimum absolute atomic E-state index is 0.0667. The van der Waals surface area contributed by atoms with Gasteiger partial charge in [-0.3, -0.25) is 4.79 Å². The molecule has 3 aromatic rings. The number of hydrogen-bond acceptors (Lipinski definition) is 3. The summed E-state index contributed by atoms with van der Waals surface area (Å²) in [7, 11) is 0. The molecule has 4 rings (SSSR count). The van der Waals surface area contributed by atoms with E-state index in [2.05, 4.69) is 30.9 Å². The third-order valence-corrected chi connectivity index (χ3v) is 5.07. The van der Waals surface area contributed by atoms with Gasteiger partial charge in [-0.15, -0.1) is 0 Å². The largest absolute Gasteiger partial charge is 0.372 e. The molecule has 0 spiro atoms. The fraction of sp³-hybridized carbons (Fsp3) is 0.167. The predicted octanol–water partition coefficient (Wildman–Crippen LogP) is 5.25. The topological polar surface area (TPSA) is 32.7 Å². The maximum absolute atomic E-state index is 12.8. The Hall–Kier alpha value is -3.20. The van der Waals surface area contributed by atoms with Crippen LogP contribution in [0.1, 0.15) is 40.9 Å². The van der Waals surface area contributed by atoms with E-state index in [1.54, 1.807) is 0 Å². The number of anilines is 1. The van der Waals surface area contributed by atoms with E-state index in [0.29, 0.717) is 0 Å². The van der Waals surface area contributed by atoms with Crippen LogP contribution in [0.15, 0.2) is 77.8 Å². The first-order valence-corrected chi connectivity index (χ1v) is 9.40. The van der Waals surface area contributed by atoms with Gasteiger partial charge in [0.1, 0.15) is 0 Å². The number of carbonyl (C=O) groups is 1. The van der Waals surface area contributed by atoms with Gasteiger partial charge >= 0.3 is 0 Å². The van der Waals surface area contributed by atoms with Crippen LogP contribution in [0, 0.1) is 0 Å². The van der Waals surface area contributed by atoms with Crippen LogP contribution in [0.2, 0.25) is 0 Å². The Bertz CT molecular complexity index is 963. The van der Waals surface area contributed by atoms with E-state index in [1.807, 2.05) is 60.7 Å². The lowest BCUT2D eigenvalue weighted by Gasteiger charge is -2.22. The van der Waals surface area contributed by atoms with Crippen molar-refractivity contribution in [1.82, 2.24) is 0 Å². The van der Waals surface area contributed by atoms with E-state index in [4.69, 9.17) is 4.99 Å². The number of fused-ring (bicyclic) bond motifs is 2. The van der Waals surface area contributed by atoms with Crippen molar-refractivity contribution in [2.24, 2.45) is 4.99 Å². The normalized spacial score (nSPS) is 12.4. The SMILES string of the molecule is CCN(CC)c1ccc(N=C2c3ccccc3C(=O)c3ccccc32)cc1. The Morgan fingerprint density at radius 3 is 1.67 bits per heavy atom. The lowest BCUT2D eigenvalue weighted by atomic mass is 9.83. The molecule has 1 aliphatic rings. The number of benzene rings is 3. The molecule has 0 atom stereocenters. The predicted molar refractivity (Wildman–Crippen MR) is 112 cm³/mol. The molecule has 0 heterocycles. The van der Waals surface area contributed by atoms with Crippen molar-refractivity contribution in [2.45, 2.75) is 13.8 Å². The van der Waals surface area contributed by atoms with Gasteiger partial charge in [-0.05, 0) is 38.1 Å². The molecule has 0 N–H and O–H groups in total. The lowest BCUT2D eigenvalue weighted by molar-refractivity contribution is 0.103. The summed E-state index contributed by atoms with van der Waals surface area (Å²) < 4.78 is 0. The molecule has 0 aromatic heterocycles. The average Bonchev–Trinajstić information content (AvgIpc) is 2.73. The van der Waals surface area contributed by atoms with Crippen molar-refractivity contribution in [1.29, 1.82) is 0 Å². The Balaban J connectivity index is 1.82. The van der Waals surface area contributed by atoms with Crippen molar-refractivity contribution in [3.63, 3.8) is 0 Å². The van der Waals surface area contributed by atoms with Gasteiger partial charge < -0.3 is 4.90 Å². The third kappa shape index (κ3) is 3.06. The van der Waals surface area contributed by atoms with Crippen molar-refractivity contribution >= 4 is 22.9 Å². The molecule has 0 radical (unpaired) electrons. The molecular formula is C24H22N2O. The second kappa shape index (κ2) is 7.20. The van der Waals surface area contributed by atoms with Crippen LogP contribution in [0.25, 0.3) is 0 Å². The molecule has 3 nitrogen and oxygen atoms in total. The molecule has 0 aliphatic heterocycles. The van der Waals surface area contributed by atoms with E-state index in [9.17, 15) is 4.79 Å². The number of aliphatic imine (C=N–C) groups is 1. The number of carbonyl (C=O) groups excluding carboxylic acids is 1. The molecular weight excluding hydrogens is 332 g/mol. The standard InChI is InChI=1S/C24H22N2O/c1-3-26(4-2)18-15-13-17(14-16-18)25-23-19-9-5-7-11-21(19)24(27)22-12-8-6-10-20(22)23/h5-16H,3-4H2,1-2H3. The molecule has 3 aromatic carbocycles. The molecule has 0 fully saturated rings. The van der Waals surface area contributed by atoms with Crippen LogP contribution < -0.4 is 4.90 Å². The van der Waals surface area contributed by atoms with Gasteiger partial charge in [0, 0.05) is 41.0 Å². The smallest absolute Gasteiger partial charge is 0.194 e. The van der Waals surface area contributed by atoms with E-state index < -0.39 is 0 Å². The quantitative estimate of drug-likeness (QED) is 0.502. The Labute approximate surface area is 160 Å². The van der Waals surface area contributed by atoms with Gasteiger partial charge in [0.15, 0.2) is 5.78 Å². The van der Waals surface area contributed by atoms with Crippen molar-refractivity contribution in [3.8, 4) is 0 Å². The van der Waals surface area contributed by atoms with Crippen molar-refractivity contribution < 1.29 is 4.79 Å². The van der Waals surface area contributed by atoms with E-state index in [1.165, 1.54) is 5.69 Å². The van der Waals surface area contributed by atoms with Crippen LogP contribution in [-0.4, -0.2) is 24.6 Å². The summed E-state index contributed by atoms with van der Waals surface area (Å²) in [5.41, 5.74) is 6.17. The van der Waals surface area contributed by atoms with Gasteiger partial charge in [0.05, 0.1) is 11.4 Å². The second-order valence-electron chi connectivity index (χ2n) is 6.57. The second-order valence-corrected chi connectivity index (χ2v) is 6.57. The summed E-state index contributed by atoms with van der Waals surface area (Å²) >= 11 is 0. The molecule has 1 aliphatic carbocycles. The molecule has 0 saturated carbocycles. The summed E-state index contributed by atoms with van der Waals surface area (Å²) in [5.74, 6) is 0.0667. The van der Waals surface area contributed by atoms with Crippen LogP contribution in [0.3, 0.4) is 0 Å². The third-order valence-electron chi connectivity index (χ3n) is 5.07. The first-order valence-electron chi connectivity index (χ1n) is 9.40. The zero-order valence-electron chi connectivity index (χ0n) is 15.6. The summed E-state index contributed by atoms with van der Waals surface area (Å²) in [5, 5.41) is 0. The van der Waals surface area contributed by atoms with E-state index >= 15 is 0 Å².